The topological polar surface area (TPSA) is 67.9 Å². The van der Waals surface area contributed by atoms with E-state index in [9.17, 15) is 9.59 Å². The van der Waals surface area contributed by atoms with Crippen LogP contribution >= 0.6 is 0 Å². The first-order valence-corrected chi connectivity index (χ1v) is 8.96. The van der Waals surface area contributed by atoms with Gasteiger partial charge in [0.05, 0.1) is 20.3 Å². The van der Waals surface area contributed by atoms with Crippen molar-refractivity contribution in [1.29, 1.82) is 0 Å². The van der Waals surface area contributed by atoms with E-state index >= 15 is 0 Å². The average molecular weight is 368 g/mol. The number of rotatable bonds is 7. The molecule has 2 aromatic carbocycles. The molecule has 2 amide bonds. The van der Waals surface area contributed by atoms with Crippen LogP contribution in [-0.2, 0) is 16.0 Å². The van der Waals surface area contributed by atoms with Gasteiger partial charge in [-0.05, 0) is 36.2 Å². The highest BCUT2D eigenvalue weighted by Gasteiger charge is 2.31. The van der Waals surface area contributed by atoms with Gasteiger partial charge in [0, 0.05) is 31.1 Å². The van der Waals surface area contributed by atoms with Gasteiger partial charge < -0.3 is 19.7 Å². The number of carbonyl (C=O) groups is 2. The molecule has 0 saturated carbocycles. The van der Waals surface area contributed by atoms with E-state index in [1.807, 2.05) is 48.5 Å². The van der Waals surface area contributed by atoms with Crippen molar-refractivity contribution in [3.05, 3.63) is 54.1 Å². The van der Waals surface area contributed by atoms with E-state index in [2.05, 4.69) is 5.32 Å². The lowest BCUT2D eigenvalue weighted by Gasteiger charge is -2.18. The Labute approximate surface area is 159 Å². The molecule has 1 unspecified atom stereocenters. The number of anilines is 1. The number of nitrogens with one attached hydrogen (secondary N) is 1. The lowest BCUT2D eigenvalue weighted by Crippen LogP contribution is -2.37. The van der Waals surface area contributed by atoms with Gasteiger partial charge in [-0.15, -0.1) is 0 Å². The number of aryl methyl sites for hydroxylation is 1. The minimum atomic E-state index is -0.174. The zero-order valence-electron chi connectivity index (χ0n) is 15.6. The highest BCUT2D eigenvalue weighted by molar-refractivity contribution is 5.97. The van der Waals surface area contributed by atoms with E-state index in [4.69, 9.17) is 9.47 Å². The summed E-state index contributed by atoms with van der Waals surface area (Å²) in [5, 5.41) is 2.97. The van der Waals surface area contributed by atoms with Crippen LogP contribution in [0.4, 0.5) is 5.69 Å². The van der Waals surface area contributed by atoms with Gasteiger partial charge in [0.2, 0.25) is 11.8 Å². The number of methoxy groups -OCH3 is 2. The summed E-state index contributed by atoms with van der Waals surface area (Å²) < 4.78 is 10.3. The summed E-state index contributed by atoms with van der Waals surface area (Å²) in [6.07, 6.45) is 1.34. The summed E-state index contributed by atoms with van der Waals surface area (Å²) in [5.41, 5.74) is 1.86. The number of benzene rings is 2. The largest absolute Gasteiger partial charge is 0.497 e. The van der Waals surface area contributed by atoms with Crippen molar-refractivity contribution < 1.29 is 19.1 Å². The molecule has 1 heterocycles. The van der Waals surface area contributed by atoms with Crippen molar-refractivity contribution in [3.63, 3.8) is 0 Å². The van der Waals surface area contributed by atoms with E-state index in [0.29, 0.717) is 31.6 Å². The van der Waals surface area contributed by atoms with Gasteiger partial charge in [0.1, 0.15) is 11.5 Å². The summed E-state index contributed by atoms with van der Waals surface area (Å²) >= 11 is 0. The molecule has 27 heavy (non-hydrogen) atoms. The maximum atomic E-state index is 12.3. The zero-order valence-corrected chi connectivity index (χ0v) is 15.6. The molecule has 0 radical (unpaired) electrons. The van der Waals surface area contributed by atoms with Crippen molar-refractivity contribution in [2.75, 3.05) is 25.7 Å². The van der Waals surface area contributed by atoms with Crippen LogP contribution in [0.5, 0.6) is 11.5 Å². The van der Waals surface area contributed by atoms with Crippen molar-refractivity contribution in [1.82, 2.24) is 5.32 Å². The molecule has 1 fully saturated rings. The molecule has 3 rings (SSSR count). The molecule has 0 aliphatic carbocycles. The van der Waals surface area contributed by atoms with Crippen LogP contribution in [0.3, 0.4) is 0 Å². The minimum Gasteiger partial charge on any atom is -0.497 e. The third kappa shape index (κ3) is 4.78. The van der Waals surface area contributed by atoms with Gasteiger partial charge in [-0.25, -0.2) is 0 Å². The molecule has 0 aromatic heterocycles. The fourth-order valence-corrected chi connectivity index (χ4v) is 3.18. The first kappa shape index (κ1) is 18.8. The van der Waals surface area contributed by atoms with Crippen LogP contribution in [0.15, 0.2) is 48.5 Å². The number of carbonyl (C=O) groups excluding carboxylic acids is 2. The van der Waals surface area contributed by atoms with Gasteiger partial charge in [-0.3, -0.25) is 9.59 Å². The van der Waals surface area contributed by atoms with Crippen molar-refractivity contribution in [3.8, 4) is 11.5 Å². The number of hydrogen-bond acceptors (Lipinski definition) is 4. The minimum absolute atomic E-state index is 0.00343. The van der Waals surface area contributed by atoms with Crippen LogP contribution in [0.25, 0.3) is 0 Å². The summed E-state index contributed by atoms with van der Waals surface area (Å²) in [4.78, 5) is 26.3. The normalized spacial score (nSPS) is 16.3. The van der Waals surface area contributed by atoms with Crippen LogP contribution in [0, 0.1) is 0 Å². The SMILES string of the molecule is COc1ccc(CCC(=O)NC2CC(=O)N(c3cccc(OC)c3)C2)cc1. The lowest BCUT2D eigenvalue weighted by molar-refractivity contribution is -0.121. The standard InChI is InChI=1S/C21H24N2O4/c1-26-18-9-6-15(7-10-18)8-11-20(24)22-16-12-21(25)23(14-16)17-4-3-5-19(13-17)27-2/h3-7,9-10,13,16H,8,11-12,14H2,1-2H3,(H,22,24). The third-order valence-corrected chi connectivity index (χ3v) is 4.65. The Hall–Kier alpha value is -3.02. The van der Waals surface area contributed by atoms with E-state index in [1.165, 1.54) is 0 Å². The average Bonchev–Trinajstić information content (AvgIpc) is 3.06. The van der Waals surface area contributed by atoms with Gasteiger partial charge in [-0.2, -0.15) is 0 Å². The summed E-state index contributed by atoms with van der Waals surface area (Å²) in [6.45, 7) is 0.472. The highest BCUT2D eigenvalue weighted by Crippen LogP contribution is 2.25. The van der Waals surface area contributed by atoms with Crippen LogP contribution in [-0.4, -0.2) is 38.6 Å². The fraction of sp³-hybridized carbons (Fsp3) is 0.333. The first-order chi connectivity index (χ1) is 13.1. The number of ether oxygens (including phenoxy) is 2. The highest BCUT2D eigenvalue weighted by atomic mass is 16.5. The molecule has 1 atom stereocenters. The molecule has 0 spiro atoms. The van der Waals surface area contributed by atoms with Crippen LogP contribution in [0.1, 0.15) is 18.4 Å². The quantitative estimate of drug-likeness (QED) is 0.816. The van der Waals surface area contributed by atoms with Gasteiger partial charge >= 0.3 is 0 Å². The maximum Gasteiger partial charge on any atom is 0.229 e. The molecule has 6 nitrogen and oxygen atoms in total. The van der Waals surface area contributed by atoms with E-state index < -0.39 is 0 Å². The molecule has 6 heteroatoms. The Morgan fingerprint density at radius 2 is 1.85 bits per heavy atom. The first-order valence-electron chi connectivity index (χ1n) is 8.96. The number of nitrogens with zero attached hydrogens (tertiary/aromatic N) is 1. The Bertz CT molecular complexity index is 804. The van der Waals surface area contributed by atoms with Crippen LogP contribution < -0.4 is 19.7 Å². The molecule has 0 bridgehead atoms. The van der Waals surface area contributed by atoms with E-state index in [1.54, 1.807) is 19.1 Å². The molecule has 1 aliphatic heterocycles. The molecular weight excluding hydrogens is 344 g/mol. The van der Waals surface area contributed by atoms with Gasteiger partial charge in [0.25, 0.3) is 0 Å². The maximum absolute atomic E-state index is 12.3. The molecule has 1 aliphatic rings. The monoisotopic (exact) mass is 368 g/mol. The van der Waals surface area contributed by atoms with Crippen LogP contribution in [0.2, 0.25) is 0 Å². The smallest absolute Gasteiger partial charge is 0.229 e. The number of amides is 2. The zero-order chi connectivity index (χ0) is 19.2. The predicted molar refractivity (Wildman–Crippen MR) is 103 cm³/mol. The molecule has 1 saturated heterocycles. The van der Waals surface area contributed by atoms with Gasteiger partial charge in [-0.1, -0.05) is 18.2 Å². The Morgan fingerprint density at radius 1 is 1.11 bits per heavy atom. The second kappa shape index (κ2) is 8.58. The summed E-state index contributed by atoms with van der Waals surface area (Å²) in [6, 6.07) is 14.9. The molecule has 1 N–H and O–H groups in total. The lowest BCUT2D eigenvalue weighted by atomic mass is 10.1. The molecule has 142 valence electrons. The van der Waals surface area contributed by atoms with Gasteiger partial charge in [0.15, 0.2) is 0 Å². The Morgan fingerprint density at radius 3 is 2.56 bits per heavy atom. The third-order valence-electron chi connectivity index (χ3n) is 4.65. The van der Waals surface area contributed by atoms with Crippen molar-refractivity contribution in [2.24, 2.45) is 0 Å². The fourth-order valence-electron chi connectivity index (χ4n) is 3.18. The van der Waals surface area contributed by atoms with Crippen molar-refractivity contribution in [2.45, 2.75) is 25.3 Å². The van der Waals surface area contributed by atoms with Crippen molar-refractivity contribution >= 4 is 17.5 Å². The Kier molecular flexibility index (Phi) is 5.96. The van der Waals surface area contributed by atoms with E-state index in [-0.39, 0.29) is 17.9 Å². The second-order valence-corrected chi connectivity index (χ2v) is 6.52. The summed E-state index contributed by atoms with van der Waals surface area (Å²) in [5.74, 6) is 1.46. The molecular formula is C21H24N2O4. The summed E-state index contributed by atoms with van der Waals surface area (Å²) in [7, 11) is 3.22. The number of hydrogen-bond donors (Lipinski definition) is 1. The predicted octanol–water partition coefficient (Wildman–Crippen LogP) is 2.56. The molecule has 2 aromatic rings. The Balaban J connectivity index is 1.51. The second-order valence-electron chi connectivity index (χ2n) is 6.52. The van der Waals surface area contributed by atoms with E-state index in [0.717, 1.165) is 17.0 Å².